The number of para-hydroxylation sites is 1. The summed E-state index contributed by atoms with van der Waals surface area (Å²) in [7, 11) is 0. The van der Waals surface area contributed by atoms with Crippen molar-refractivity contribution in [1.29, 1.82) is 0 Å². The average molecular weight is 467 g/mol. The maximum atomic E-state index is 14.4. The van der Waals surface area contributed by atoms with E-state index in [0.717, 1.165) is 22.5 Å². The monoisotopic (exact) mass is 466 g/mol. The number of aromatic amines is 1. The summed E-state index contributed by atoms with van der Waals surface area (Å²) in [4.78, 5) is 21.8. The predicted octanol–water partition coefficient (Wildman–Crippen LogP) is 5.06. The molecule has 2 N–H and O–H groups in total. The molecule has 0 unspecified atom stereocenters. The highest BCUT2D eigenvalue weighted by Gasteiger charge is 2.17. The van der Waals surface area contributed by atoms with Gasteiger partial charge in [-0.25, -0.2) is 13.8 Å². The predicted molar refractivity (Wildman–Crippen MR) is 126 cm³/mol. The van der Waals surface area contributed by atoms with E-state index in [1.165, 1.54) is 18.4 Å². The van der Waals surface area contributed by atoms with Gasteiger partial charge in [0.15, 0.2) is 5.69 Å². The van der Waals surface area contributed by atoms with Crippen molar-refractivity contribution in [1.82, 2.24) is 20.2 Å². The van der Waals surface area contributed by atoms with Gasteiger partial charge in [0.2, 0.25) is 5.89 Å². The average Bonchev–Trinajstić information content (AvgIpc) is 3.45. The van der Waals surface area contributed by atoms with E-state index in [-0.39, 0.29) is 24.7 Å². The first-order valence-corrected chi connectivity index (χ1v) is 11.3. The number of fused-ring (bicyclic) bond motifs is 1. The number of halogens is 2. The highest BCUT2D eigenvalue weighted by molar-refractivity contribution is 5.91. The number of rotatable bonds is 10. The Kier molecular flexibility index (Phi) is 7.37. The zero-order chi connectivity index (χ0) is 24.1. The molecule has 0 saturated heterocycles. The number of benzene rings is 2. The summed E-state index contributed by atoms with van der Waals surface area (Å²) in [5.74, 6) is -0.828. The van der Waals surface area contributed by atoms with Crippen LogP contribution < -0.4 is 5.32 Å². The van der Waals surface area contributed by atoms with Gasteiger partial charge in [0.1, 0.15) is 17.9 Å². The van der Waals surface area contributed by atoms with Gasteiger partial charge in [0.25, 0.3) is 5.91 Å². The van der Waals surface area contributed by atoms with Crippen LogP contribution in [0.25, 0.3) is 10.9 Å². The molecule has 0 aliphatic rings. The third-order valence-electron chi connectivity index (χ3n) is 5.60. The Balaban J connectivity index is 1.49. The molecule has 6 nitrogen and oxygen atoms in total. The number of carbonyl (C=O) groups excluding carboxylic acids is 1. The molecule has 0 aliphatic heterocycles. The van der Waals surface area contributed by atoms with Gasteiger partial charge in [0, 0.05) is 48.4 Å². The Labute approximate surface area is 197 Å². The van der Waals surface area contributed by atoms with Crippen molar-refractivity contribution in [3.63, 3.8) is 0 Å². The van der Waals surface area contributed by atoms with Gasteiger partial charge in [-0.15, -0.1) is 0 Å². The maximum Gasteiger partial charge on any atom is 0.273 e. The van der Waals surface area contributed by atoms with Crippen LogP contribution in [-0.4, -0.2) is 33.9 Å². The number of amides is 1. The quantitative estimate of drug-likeness (QED) is 0.342. The molecule has 2 aromatic heterocycles. The minimum Gasteiger partial charge on any atom is -0.447 e. The van der Waals surface area contributed by atoms with Crippen LogP contribution in [0, 0.1) is 17.6 Å². The summed E-state index contributed by atoms with van der Waals surface area (Å²) in [6, 6.07) is 11.6. The summed E-state index contributed by atoms with van der Waals surface area (Å²) in [6.45, 7) is 5.66. The Bertz CT molecular complexity index is 1260. The summed E-state index contributed by atoms with van der Waals surface area (Å²) in [5, 5.41) is 3.95. The van der Waals surface area contributed by atoms with Gasteiger partial charge in [-0.1, -0.05) is 38.1 Å². The Hall–Kier alpha value is -3.52. The number of nitrogens with one attached hydrogen (secondary N) is 2. The highest BCUT2D eigenvalue weighted by Crippen LogP contribution is 2.20. The standard InChI is InChI=1S/C26H28F2N4O2/c1-17(2)12-30-26(33)24-16-34-25(31-24)15-32(14-19-7-8-20(27)11-22(19)28)10-9-18-13-29-23-6-4-3-5-21(18)23/h3-8,11,13,16-17,29H,9-10,12,14-15H2,1-2H3,(H,30,33). The second-order valence-corrected chi connectivity index (χ2v) is 8.79. The first kappa shape index (κ1) is 23.6. The topological polar surface area (TPSA) is 74.2 Å². The molecule has 0 atom stereocenters. The summed E-state index contributed by atoms with van der Waals surface area (Å²) < 4.78 is 33.3. The van der Waals surface area contributed by atoms with E-state index >= 15 is 0 Å². The number of aromatic nitrogens is 2. The van der Waals surface area contributed by atoms with Crippen molar-refractivity contribution in [2.75, 3.05) is 13.1 Å². The number of H-pyrrole nitrogens is 1. The minimum absolute atomic E-state index is 0.209. The second kappa shape index (κ2) is 10.6. The van der Waals surface area contributed by atoms with Crippen molar-refractivity contribution >= 4 is 16.8 Å². The maximum absolute atomic E-state index is 14.4. The van der Waals surface area contributed by atoms with Crippen molar-refractivity contribution in [2.45, 2.75) is 33.4 Å². The third kappa shape index (κ3) is 5.88. The zero-order valence-corrected chi connectivity index (χ0v) is 19.3. The molecular formula is C26H28F2N4O2. The molecule has 2 heterocycles. The van der Waals surface area contributed by atoms with Crippen LogP contribution in [0.15, 0.2) is 59.3 Å². The minimum atomic E-state index is -0.614. The Morgan fingerprint density at radius 3 is 2.76 bits per heavy atom. The van der Waals surface area contributed by atoms with Crippen LogP contribution >= 0.6 is 0 Å². The molecular weight excluding hydrogens is 438 g/mol. The summed E-state index contributed by atoms with van der Waals surface area (Å²) >= 11 is 0. The van der Waals surface area contributed by atoms with Gasteiger partial charge in [0.05, 0.1) is 6.54 Å². The van der Waals surface area contributed by atoms with Gasteiger partial charge in [-0.05, 0) is 30.0 Å². The SMILES string of the molecule is CC(C)CNC(=O)c1coc(CN(CCc2c[nH]c3ccccc23)Cc2ccc(F)cc2F)n1. The normalized spacial score (nSPS) is 11.6. The third-order valence-corrected chi connectivity index (χ3v) is 5.60. The number of hydrogen-bond acceptors (Lipinski definition) is 4. The molecule has 4 aromatic rings. The van der Waals surface area contributed by atoms with Crippen LogP contribution in [0.2, 0.25) is 0 Å². The van der Waals surface area contributed by atoms with E-state index in [0.29, 0.717) is 36.9 Å². The van der Waals surface area contributed by atoms with Crippen molar-refractivity contribution in [2.24, 2.45) is 5.92 Å². The van der Waals surface area contributed by atoms with E-state index in [1.54, 1.807) is 0 Å². The van der Waals surface area contributed by atoms with Crippen molar-refractivity contribution in [3.8, 4) is 0 Å². The summed E-state index contributed by atoms with van der Waals surface area (Å²) in [6.07, 6.45) is 4.01. The molecule has 4 rings (SSSR count). The first-order chi connectivity index (χ1) is 16.4. The highest BCUT2D eigenvalue weighted by atomic mass is 19.1. The van der Waals surface area contributed by atoms with Gasteiger partial charge >= 0.3 is 0 Å². The Morgan fingerprint density at radius 2 is 1.97 bits per heavy atom. The fourth-order valence-corrected chi connectivity index (χ4v) is 3.79. The first-order valence-electron chi connectivity index (χ1n) is 11.3. The van der Waals surface area contributed by atoms with Crippen LogP contribution in [-0.2, 0) is 19.5 Å². The number of hydrogen-bond donors (Lipinski definition) is 2. The lowest BCUT2D eigenvalue weighted by atomic mass is 10.1. The lowest BCUT2D eigenvalue weighted by Crippen LogP contribution is -2.28. The van der Waals surface area contributed by atoms with Gasteiger partial charge < -0.3 is 14.7 Å². The molecule has 0 saturated carbocycles. The van der Waals surface area contributed by atoms with Crippen LogP contribution in [0.5, 0.6) is 0 Å². The van der Waals surface area contributed by atoms with Gasteiger partial charge in [-0.2, -0.15) is 0 Å². The van der Waals surface area contributed by atoms with E-state index in [4.69, 9.17) is 4.42 Å². The molecule has 0 radical (unpaired) electrons. The molecule has 1 amide bonds. The fraction of sp³-hybridized carbons (Fsp3) is 0.308. The largest absolute Gasteiger partial charge is 0.447 e. The van der Waals surface area contributed by atoms with Crippen molar-refractivity contribution in [3.05, 3.63) is 89.3 Å². The molecule has 0 fully saturated rings. The Morgan fingerprint density at radius 1 is 1.15 bits per heavy atom. The molecule has 8 heteroatoms. The van der Waals surface area contributed by atoms with Crippen LogP contribution in [0.4, 0.5) is 8.78 Å². The van der Waals surface area contributed by atoms with E-state index in [2.05, 4.69) is 21.4 Å². The molecule has 0 bridgehead atoms. The zero-order valence-electron chi connectivity index (χ0n) is 19.3. The van der Waals surface area contributed by atoms with Crippen molar-refractivity contribution < 1.29 is 18.0 Å². The molecule has 178 valence electrons. The fourth-order valence-electron chi connectivity index (χ4n) is 3.79. The second-order valence-electron chi connectivity index (χ2n) is 8.79. The van der Waals surface area contributed by atoms with E-state index in [1.807, 2.05) is 43.1 Å². The van der Waals surface area contributed by atoms with Crippen LogP contribution in [0.3, 0.4) is 0 Å². The molecule has 0 aliphatic carbocycles. The number of carbonyl (C=O) groups is 1. The lowest BCUT2D eigenvalue weighted by Gasteiger charge is -2.21. The number of oxazole rings is 1. The molecule has 34 heavy (non-hydrogen) atoms. The molecule has 2 aromatic carbocycles. The van der Waals surface area contributed by atoms with E-state index < -0.39 is 11.6 Å². The van der Waals surface area contributed by atoms with E-state index in [9.17, 15) is 13.6 Å². The van der Waals surface area contributed by atoms with Crippen LogP contribution in [0.1, 0.15) is 41.4 Å². The number of nitrogens with zero attached hydrogens (tertiary/aromatic N) is 2. The smallest absolute Gasteiger partial charge is 0.273 e. The van der Waals surface area contributed by atoms with Gasteiger partial charge in [-0.3, -0.25) is 9.69 Å². The summed E-state index contributed by atoms with van der Waals surface area (Å²) in [5.41, 5.74) is 2.78. The molecule has 0 spiro atoms. The lowest BCUT2D eigenvalue weighted by molar-refractivity contribution is 0.0944.